The zero-order chi connectivity index (χ0) is 10.4. The average Bonchev–Trinajstić information content (AvgIpc) is 2.76. The van der Waals surface area contributed by atoms with E-state index >= 15 is 0 Å². The van der Waals surface area contributed by atoms with Crippen LogP contribution in [0, 0.1) is 0 Å². The molecule has 1 N–H and O–H groups in total. The van der Waals surface area contributed by atoms with Crippen LogP contribution < -0.4 is 5.56 Å². The summed E-state index contributed by atoms with van der Waals surface area (Å²) in [5.41, 5.74) is 1.60. The third-order valence-electron chi connectivity index (χ3n) is 2.50. The minimum absolute atomic E-state index is 0.140. The number of nitrogens with one attached hydrogen (secondary N) is 1. The van der Waals surface area contributed by atoms with E-state index in [1.165, 1.54) is 4.88 Å². The SMILES string of the molecule is CCc1cc2c(cc3c(=O)[nH]ncn32)s1. The lowest BCUT2D eigenvalue weighted by molar-refractivity contribution is 0.931. The molecule has 3 heterocycles. The van der Waals surface area contributed by atoms with Crippen molar-refractivity contribution in [1.29, 1.82) is 0 Å². The van der Waals surface area contributed by atoms with E-state index in [4.69, 9.17) is 0 Å². The Labute approximate surface area is 89.2 Å². The Hall–Kier alpha value is -1.62. The molecule has 0 saturated carbocycles. The van der Waals surface area contributed by atoms with Crippen LogP contribution >= 0.6 is 11.3 Å². The van der Waals surface area contributed by atoms with Crippen LogP contribution in [0.4, 0.5) is 0 Å². The summed E-state index contributed by atoms with van der Waals surface area (Å²) in [7, 11) is 0. The largest absolute Gasteiger partial charge is 0.293 e. The van der Waals surface area contributed by atoms with Gasteiger partial charge in [-0.25, -0.2) is 5.10 Å². The van der Waals surface area contributed by atoms with Crippen molar-refractivity contribution in [2.45, 2.75) is 13.3 Å². The molecule has 0 amide bonds. The zero-order valence-corrected chi connectivity index (χ0v) is 8.97. The van der Waals surface area contributed by atoms with Crippen molar-refractivity contribution in [2.24, 2.45) is 0 Å². The van der Waals surface area contributed by atoms with Crippen molar-refractivity contribution in [1.82, 2.24) is 14.6 Å². The van der Waals surface area contributed by atoms with Gasteiger partial charge in [-0.05, 0) is 18.6 Å². The standard InChI is InChI=1S/C10H9N3OS/c1-2-6-3-7-9(15-6)4-8-10(14)12-11-5-13(7)8/h3-5H,2H2,1H3,(H,12,14). The van der Waals surface area contributed by atoms with Crippen LogP contribution in [0.15, 0.2) is 23.3 Å². The molecule has 0 aliphatic heterocycles. The van der Waals surface area contributed by atoms with Crippen LogP contribution in [-0.2, 0) is 6.42 Å². The fraction of sp³-hybridized carbons (Fsp3) is 0.200. The lowest BCUT2D eigenvalue weighted by Crippen LogP contribution is -2.10. The van der Waals surface area contributed by atoms with Gasteiger partial charge in [0.05, 0.1) is 10.2 Å². The molecule has 3 aromatic rings. The second kappa shape index (κ2) is 2.93. The Balaban J connectivity index is 2.51. The smallest absolute Gasteiger partial charge is 0.288 e. The van der Waals surface area contributed by atoms with Gasteiger partial charge < -0.3 is 0 Å². The predicted molar refractivity (Wildman–Crippen MR) is 60.6 cm³/mol. The summed E-state index contributed by atoms with van der Waals surface area (Å²) in [6.45, 7) is 2.13. The van der Waals surface area contributed by atoms with Crippen molar-refractivity contribution >= 4 is 27.1 Å². The third-order valence-corrected chi connectivity index (χ3v) is 3.71. The molecule has 0 aromatic carbocycles. The lowest BCUT2D eigenvalue weighted by atomic mass is 10.3. The molecule has 0 radical (unpaired) electrons. The van der Waals surface area contributed by atoms with Gasteiger partial charge in [-0.3, -0.25) is 9.20 Å². The first-order valence-electron chi connectivity index (χ1n) is 4.76. The van der Waals surface area contributed by atoms with Crippen LogP contribution in [0.1, 0.15) is 11.8 Å². The number of aromatic amines is 1. The van der Waals surface area contributed by atoms with Gasteiger partial charge >= 0.3 is 0 Å². The first kappa shape index (κ1) is 8.67. The van der Waals surface area contributed by atoms with Crippen LogP contribution in [-0.4, -0.2) is 14.6 Å². The van der Waals surface area contributed by atoms with Crippen LogP contribution in [0.25, 0.3) is 15.7 Å². The highest BCUT2D eigenvalue weighted by Crippen LogP contribution is 2.27. The maximum Gasteiger partial charge on any atom is 0.288 e. The second-order valence-electron chi connectivity index (χ2n) is 3.40. The number of H-pyrrole nitrogens is 1. The van der Waals surface area contributed by atoms with Gasteiger partial charge in [-0.1, -0.05) is 6.92 Å². The Kier molecular flexibility index (Phi) is 1.70. The fourth-order valence-corrected chi connectivity index (χ4v) is 2.77. The number of aromatic nitrogens is 3. The molecule has 0 aliphatic rings. The molecule has 5 heteroatoms. The van der Waals surface area contributed by atoms with Crippen LogP contribution in [0.2, 0.25) is 0 Å². The highest BCUT2D eigenvalue weighted by molar-refractivity contribution is 7.19. The van der Waals surface area contributed by atoms with E-state index in [0.29, 0.717) is 5.52 Å². The van der Waals surface area contributed by atoms with E-state index in [1.54, 1.807) is 17.7 Å². The van der Waals surface area contributed by atoms with Crippen molar-refractivity contribution in [3.05, 3.63) is 33.7 Å². The highest BCUT2D eigenvalue weighted by atomic mass is 32.1. The van der Waals surface area contributed by atoms with Gasteiger partial charge in [-0.2, -0.15) is 5.10 Å². The summed E-state index contributed by atoms with van der Waals surface area (Å²) in [4.78, 5) is 12.8. The summed E-state index contributed by atoms with van der Waals surface area (Å²) in [6.07, 6.45) is 2.67. The lowest BCUT2D eigenvalue weighted by Gasteiger charge is -1.91. The molecule has 0 bridgehead atoms. The number of hydrogen-bond donors (Lipinski definition) is 1. The molecule has 3 rings (SSSR count). The molecule has 0 spiro atoms. The van der Waals surface area contributed by atoms with Gasteiger partial charge in [0, 0.05) is 4.88 Å². The van der Waals surface area contributed by atoms with Crippen molar-refractivity contribution in [3.8, 4) is 0 Å². The number of thiophene rings is 1. The monoisotopic (exact) mass is 219 g/mol. The Morgan fingerprint density at radius 3 is 3.13 bits per heavy atom. The molecule has 0 saturated heterocycles. The average molecular weight is 219 g/mol. The van der Waals surface area contributed by atoms with Gasteiger partial charge in [0.2, 0.25) is 0 Å². The summed E-state index contributed by atoms with van der Waals surface area (Å²) >= 11 is 1.73. The maximum absolute atomic E-state index is 11.5. The van der Waals surface area contributed by atoms with Gasteiger partial charge in [-0.15, -0.1) is 11.3 Å². The van der Waals surface area contributed by atoms with E-state index in [-0.39, 0.29) is 5.56 Å². The molecular formula is C10H9N3OS. The van der Waals surface area contributed by atoms with Crippen LogP contribution in [0.3, 0.4) is 0 Å². The van der Waals surface area contributed by atoms with E-state index in [2.05, 4.69) is 23.2 Å². The Bertz CT molecular complexity index is 691. The van der Waals surface area contributed by atoms with E-state index in [0.717, 1.165) is 16.6 Å². The summed E-state index contributed by atoms with van der Waals surface area (Å²) < 4.78 is 2.98. The molecule has 3 aromatic heterocycles. The van der Waals surface area contributed by atoms with E-state index in [1.807, 2.05) is 10.5 Å². The molecule has 15 heavy (non-hydrogen) atoms. The summed E-state index contributed by atoms with van der Waals surface area (Å²) in [6, 6.07) is 4.04. The molecule has 0 fully saturated rings. The summed E-state index contributed by atoms with van der Waals surface area (Å²) in [5, 5.41) is 6.23. The third kappa shape index (κ3) is 1.13. The fourth-order valence-electron chi connectivity index (χ4n) is 1.74. The Morgan fingerprint density at radius 2 is 2.33 bits per heavy atom. The number of nitrogens with zero attached hydrogens (tertiary/aromatic N) is 2. The maximum atomic E-state index is 11.5. The quantitative estimate of drug-likeness (QED) is 0.678. The second-order valence-corrected chi connectivity index (χ2v) is 4.57. The highest BCUT2D eigenvalue weighted by Gasteiger charge is 2.08. The molecule has 76 valence electrons. The van der Waals surface area contributed by atoms with Gasteiger partial charge in [0.1, 0.15) is 11.8 Å². The predicted octanol–water partition coefficient (Wildman–Crippen LogP) is 1.80. The van der Waals surface area contributed by atoms with E-state index < -0.39 is 0 Å². The summed E-state index contributed by atoms with van der Waals surface area (Å²) in [5.74, 6) is 0. The molecule has 4 nitrogen and oxygen atoms in total. The minimum atomic E-state index is -0.140. The molecule has 0 unspecified atom stereocenters. The zero-order valence-electron chi connectivity index (χ0n) is 8.15. The van der Waals surface area contributed by atoms with Crippen molar-refractivity contribution in [2.75, 3.05) is 0 Å². The number of hydrogen-bond acceptors (Lipinski definition) is 3. The first-order valence-corrected chi connectivity index (χ1v) is 5.58. The Morgan fingerprint density at radius 1 is 1.47 bits per heavy atom. The minimum Gasteiger partial charge on any atom is -0.293 e. The van der Waals surface area contributed by atoms with Crippen LogP contribution in [0.5, 0.6) is 0 Å². The molecule has 0 aliphatic carbocycles. The number of fused-ring (bicyclic) bond motifs is 3. The molecular weight excluding hydrogens is 210 g/mol. The van der Waals surface area contributed by atoms with Gasteiger partial charge in [0.15, 0.2) is 0 Å². The normalized spacial score (nSPS) is 11.5. The van der Waals surface area contributed by atoms with E-state index in [9.17, 15) is 4.79 Å². The topological polar surface area (TPSA) is 50.2 Å². The van der Waals surface area contributed by atoms with Crippen molar-refractivity contribution < 1.29 is 0 Å². The molecule has 0 atom stereocenters. The number of rotatable bonds is 1. The van der Waals surface area contributed by atoms with Gasteiger partial charge in [0.25, 0.3) is 5.56 Å². The first-order chi connectivity index (χ1) is 7.29. The number of aryl methyl sites for hydroxylation is 1. The van der Waals surface area contributed by atoms with Crippen molar-refractivity contribution in [3.63, 3.8) is 0 Å².